The molecule has 0 aromatic heterocycles. The number of alkyl carbamates (subject to hydrolysis) is 1. The van der Waals surface area contributed by atoms with Gasteiger partial charge in [0.2, 0.25) is 0 Å². The van der Waals surface area contributed by atoms with Crippen LogP contribution in [0, 0.1) is 0 Å². The predicted octanol–water partition coefficient (Wildman–Crippen LogP) is 3.32. The molecule has 2 aromatic rings. The number of aromatic hydroxyl groups is 2. The number of rotatable bonds is 9. The first-order valence-electron chi connectivity index (χ1n) is 10.4. The van der Waals surface area contributed by atoms with Gasteiger partial charge in [-0.05, 0) is 50.6 Å². The smallest absolute Gasteiger partial charge is 0.408 e. The van der Waals surface area contributed by atoms with Crippen molar-refractivity contribution in [2.24, 2.45) is 0 Å². The zero-order chi connectivity index (χ0) is 24.4. The van der Waals surface area contributed by atoms with Crippen molar-refractivity contribution in [1.82, 2.24) is 5.32 Å². The van der Waals surface area contributed by atoms with Gasteiger partial charge in [-0.3, -0.25) is 0 Å². The molecule has 3 N–H and O–H groups in total. The third-order valence-electron chi connectivity index (χ3n) is 4.23. The monoisotopic (exact) mass is 459 g/mol. The van der Waals surface area contributed by atoms with Crippen molar-refractivity contribution in [2.75, 3.05) is 13.2 Å². The van der Waals surface area contributed by atoms with Gasteiger partial charge >= 0.3 is 18.0 Å². The number of amides is 1. The molecule has 0 aliphatic heterocycles. The van der Waals surface area contributed by atoms with Crippen molar-refractivity contribution in [2.45, 2.75) is 45.3 Å². The average Bonchev–Trinajstić information content (AvgIpc) is 2.74. The van der Waals surface area contributed by atoms with Gasteiger partial charge in [0.05, 0.1) is 18.8 Å². The molecule has 0 heterocycles. The maximum absolute atomic E-state index is 12.6. The van der Waals surface area contributed by atoms with E-state index in [1.165, 1.54) is 18.2 Å². The second kappa shape index (κ2) is 11.8. The molecule has 2 aromatic carbocycles. The fourth-order valence-electron chi connectivity index (χ4n) is 2.73. The molecule has 0 aliphatic rings. The summed E-state index contributed by atoms with van der Waals surface area (Å²) in [5.41, 5.74) is 0.145. The topological polar surface area (TPSA) is 131 Å². The van der Waals surface area contributed by atoms with Crippen LogP contribution in [0.5, 0.6) is 11.5 Å². The number of carbonyl (C=O) groups excluding carboxylic acids is 3. The second-order valence-electron chi connectivity index (χ2n) is 8.25. The SMILES string of the molecule is CC(C)(C)OC(=O)N[C@@H](Cc1ccc(O)c(O)c1)C(=O)OCCCOC(=O)c1ccccc1. The molecule has 9 heteroatoms. The summed E-state index contributed by atoms with van der Waals surface area (Å²) in [5.74, 6) is -1.85. The Balaban J connectivity index is 1.90. The average molecular weight is 459 g/mol. The largest absolute Gasteiger partial charge is 0.504 e. The fraction of sp³-hybridized carbons (Fsp3) is 0.375. The lowest BCUT2D eigenvalue weighted by Gasteiger charge is -2.23. The van der Waals surface area contributed by atoms with E-state index in [0.29, 0.717) is 11.1 Å². The van der Waals surface area contributed by atoms with E-state index in [2.05, 4.69) is 5.32 Å². The van der Waals surface area contributed by atoms with Crippen LogP contribution in [0.25, 0.3) is 0 Å². The van der Waals surface area contributed by atoms with Crippen LogP contribution in [0.15, 0.2) is 48.5 Å². The van der Waals surface area contributed by atoms with E-state index in [0.717, 1.165) is 0 Å². The van der Waals surface area contributed by atoms with Crippen LogP contribution >= 0.6 is 0 Å². The fourth-order valence-corrected chi connectivity index (χ4v) is 2.73. The molecule has 0 spiro atoms. The minimum Gasteiger partial charge on any atom is -0.504 e. The number of carbonyl (C=O) groups is 3. The van der Waals surface area contributed by atoms with E-state index in [-0.39, 0.29) is 37.6 Å². The predicted molar refractivity (Wildman–Crippen MR) is 119 cm³/mol. The Bertz CT molecular complexity index is 953. The molecule has 0 bridgehead atoms. The highest BCUT2D eigenvalue weighted by molar-refractivity contribution is 5.89. The van der Waals surface area contributed by atoms with E-state index < -0.39 is 29.7 Å². The number of benzene rings is 2. The Labute approximate surface area is 192 Å². The van der Waals surface area contributed by atoms with Crippen molar-refractivity contribution in [3.05, 3.63) is 59.7 Å². The molecule has 0 radical (unpaired) electrons. The Kier molecular flexibility index (Phi) is 9.08. The molecular weight excluding hydrogens is 430 g/mol. The van der Waals surface area contributed by atoms with Crippen molar-refractivity contribution >= 4 is 18.0 Å². The summed E-state index contributed by atoms with van der Waals surface area (Å²) in [7, 11) is 0. The van der Waals surface area contributed by atoms with Gasteiger partial charge in [-0.2, -0.15) is 0 Å². The van der Waals surface area contributed by atoms with Gasteiger partial charge in [-0.1, -0.05) is 24.3 Å². The highest BCUT2D eigenvalue weighted by atomic mass is 16.6. The molecule has 0 saturated carbocycles. The van der Waals surface area contributed by atoms with E-state index >= 15 is 0 Å². The number of hydrogen-bond donors (Lipinski definition) is 3. The van der Waals surface area contributed by atoms with E-state index in [4.69, 9.17) is 14.2 Å². The summed E-state index contributed by atoms with van der Waals surface area (Å²) in [4.78, 5) is 36.7. The number of ether oxygens (including phenoxy) is 3. The summed E-state index contributed by atoms with van der Waals surface area (Å²) in [6.07, 6.45) is -0.539. The molecular formula is C24H29NO8. The van der Waals surface area contributed by atoms with Gasteiger partial charge < -0.3 is 29.7 Å². The third kappa shape index (κ3) is 9.10. The van der Waals surface area contributed by atoms with Crippen molar-refractivity contribution in [1.29, 1.82) is 0 Å². The quantitative estimate of drug-likeness (QED) is 0.225. The highest BCUT2D eigenvalue weighted by Crippen LogP contribution is 2.25. The Morgan fingerprint density at radius 2 is 1.61 bits per heavy atom. The maximum atomic E-state index is 12.6. The zero-order valence-electron chi connectivity index (χ0n) is 18.9. The van der Waals surface area contributed by atoms with Crippen LogP contribution in [0.3, 0.4) is 0 Å². The first kappa shape index (κ1) is 25.5. The van der Waals surface area contributed by atoms with Gasteiger partial charge in [0.25, 0.3) is 0 Å². The summed E-state index contributed by atoms with van der Waals surface area (Å²) >= 11 is 0. The molecule has 1 atom stereocenters. The van der Waals surface area contributed by atoms with Crippen LogP contribution < -0.4 is 5.32 Å². The minimum absolute atomic E-state index is 0.00505. The molecule has 178 valence electrons. The van der Waals surface area contributed by atoms with Crippen LogP contribution in [0.4, 0.5) is 4.79 Å². The number of hydrogen-bond acceptors (Lipinski definition) is 8. The molecule has 1 amide bonds. The van der Waals surface area contributed by atoms with Crippen LogP contribution in [0.2, 0.25) is 0 Å². The highest BCUT2D eigenvalue weighted by Gasteiger charge is 2.26. The van der Waals surface area contributed by atoms with Crippen molar-refractivity contribution in [3.63, 3.8) is 0 Å². The normalized spacial score (nSPS) is 11.8. The Morgan fingerprint density at radius 3 is 2.24 bits per heavy atom. The number of esters is 2. The van der Waals surface area contributed by atoms with Gasteiger partial charge in [0, 0.05) is 12.8 Å². The standard InChI is InChI=1S/C24H29NO8/c1-24(2,3)33-23(30)25-18(14-16-10-11-19(26)20(27)15-16)22(29)32-13-7-12-31-21(28)17-8-5-4-6-9-17/h4-6,8-11,15,18,26-27H,7,12-14H2,1-3H3,(H,25,30)/t18-/m0/s1. The van der Waals surface area contributed by atoms with Crippen LogP contribution in [0.1, 0.15) is 43.1 Å². The molecule has 33 heavy (non-hydrogen) atoms. The lowest BCUT2D eigenvalue weighted by molar-refractivity contribution is -0.146. The maximum Gasteiger partial charge on any atom is 0.408 e. The Hall–Kier alpha value is -3.75. The van der Waals surface area contributed by atoms with Gasteiger partial charge in [-0.25, -0.2) is 14.4 Å². The van der Waals surface area contributed by atoms with Crippen molar-refractivity contribution < 1.29 is 38.8 Å². The lowest BCUT2D eigenvalue weighted by atomic mass is 10.1. The molecule has 0 fully saturated rings. The number of phenolic OH excluding ortho intramolecular Hbond substituents is 2. The van der Waals surface area contributed by atoms with E-state index in [1.807, 2.05) is 0 Å². The zero-order valence-corrected chi connectivity index (χ0v) is 18.9. The van der Waals surface area contributed by atoms with Crippen LogP contribution in [-0.4, -0.2) is 53.1 Å². The molecule has 2 rings (SSSR count). The first-order valence-corrected chi connectivity index (χ1v) is 10.4. The van der Waals surface area contributed by atoms with Gasteiger partial charge in [0.15, 0.2) is 11.5 Å². The second-order valence-corrected chi connectivity index (χ2v) is 8.25. The summed E-state index contributed by atoms with van der Waals surface area (Å²) in [6.45, 7) is 5.09. The minimum atomic E-state index is -1.10. The lowest BCUT2D eigenvalue weighted by Crippen LogP contribution is -2.45. The van der Waals surface area contributed by atoms with Gasteiger partial charge in [-0.15, -0.1) is 0 Å². The van der Waals surface area contributed by atoms with E-state index in [1.54, 1.807) is 51.1 Å². The Morgan fingerprint density at radius 1 is 0.939 bits per heavy atom. The van der Waals surface area contributed by atoms with Crippen LogP contribution in [-0.2, 0) is 25.4 Å². The molecule has 0 unspecified atom stereocenters. The molecule has 0 aliphatic carbocycles. The molecule has 0 saturated heterocycles. The summed E-state index contributed by atoms with van der Waals surface area (Å²) < 4.78 is 15.6. The number of phenols is 2. The third-order valence-corrected chi connectivity index (χ3v) is 4.23. The molecule has 9 nitrogen and oxygen atoms in total. The summed E-state index contributed by atoms with van der Waals surface area (Å²) in [6, 6.07) is 11.5. The van der Waals surface area contributed by atoms with Gasteiger partial charge in [0.1, 0.15) is 11.6 Å². The first-order chi connectivity index (χ1) is 15.5. The number of nitrogens with one attached hydrogen (secondary N) is 1. The van der Waals surface area contributed by atoms with Crippen molar-refractivity contribution in [3.8, 4) is 11.5 Å². The van der Waals surface area contributed by atoms with E-state index in [9.17, 15) is 24.6 Å². The summed E-state index contributed by atoms with van der Waals surface area (Å²) in [5, 5.41) is 21.6.